The van der Waals surface area contributed by atoms with Crippen molar-refractivity contribution in [3.8, 4) is 17.0 Å². The Labute approximate surface area is 231 Å². The molecule has 0 unspecified atom stereocenters. The van der Waals surface area contributed by atoms with Crippen molar-refractivity contribution in [2.45, 2.75) is 13.0 Å². The number of ether oxygens (including phenoxy) is 2. The van der Waals surface area contributed by atoms with Gasteiger partial charge in [0.2, 0.25) is 0 Å². The zero-order chi connectivity index (χ0) is 26.9. The minimum atomic E-state index is -0.291. The van der Waals surface area contributed by atoms with E-state index in [-0.39, 0.29) is 18.3 Å². The van der Waals surface area contributed by atoms with E-state index in [1.807, 2.05) is 30.3 Å². The molecule has 9 heteroatoms. The maximum atomic E-state index is 13.4. The molecule has 0 spiro atoms. The summed E-state index contributed by atoms with van der Waals surface area (Å²) in [7, 11) is 0. The minimum Gasteiger partial charge on any atom is -0.484 e. The lowest BCUT2D eigenvalue weighted by atomic mass is 10.1. The Morgan fingerprint density at radius 3 is 2.49 bits per heavy atom. The second-order valence-corrected chi connectivity index (χ2v) is 9.93. The lowest BCUT2D eigenvalue weighted by Gasteiger charge is -2.28. The van der Waals surface area contributed by atoms with E-state index in [4.69, 9.17) is 14.5 Å². The molecule has 0 atom stereocenters. The molecule has 5 rings (SSSR count). The normalized spacial score (nSPS) is 13.9. The number of hydrogen-bond acceptors (Lipinski definition) is 6. The Kier molecular flexibility index (Phi) is 9.03. The molecule has 0 saturated carbocycles. The average molecular weight is 547 g/mol. The zero-order valence-electron chi connectivity index (χ0n) is 21.6. The molecule has 1 aliphatic rings. The molecule has 0 bridgehead atoms. The molecule has 39 heavy (non-hydrogen) atoms. The predicted octanol–water partition coefficient (Wildman–Crippen LogP) is 5.01. The molecule has 0 aliphatic carbocycles. The fraction of sp³-hybridized carbons (Fsp3) is 0.267. The largest absolute Gasteiger partial charge is 0.484 e. The van der Waals surface area contributed by atoms with Gasteiger partial charge in [-0.05, 0) is 60.5 Å². The third-order valence-corrected chi connectivity index (χ3v) is 7.25. The molecule has 4 aromatic rings. The van der Waals surface area contributed by atoms with Crippen LogP contribution in [0.1, 0.15) is 6.42 Å². The fourth-order valence-electron chi connectivity index (χ4n) is 4.34. The van der Waals surface area contributed by atoms with Crippen molar-refractivity contribution in [3.05, 3.63) is 94.9 Å². The van der Waals surface area contributed by atoms with Gasteiger partial charge in [0.1, 0.15) is 11.6 Å². The average Bonchev–Trinajstić information content (AvgIpc) is 3.38. The standard InChI is InChI=1S/C30H31FN4O3S/c31-24-9-11-25(12-10-24)33-30-35(16-4-15-32-29(36)21-38-27-5-2-1-3-6-27)28(22-39-30)23-7-13-26(14-8-23)34-17-19-37-20-18-34/h1-3,5-14,22H,4,15-21H2,(H,32,36). The summed E-state index contributed by atoms with van der Waals surface area (Å²) >= 11 is 1.54. The van der Waals surface area contributed by atoms with Crippen LogP contribution in [0.4, 0.5) is 15.8 Å². The molecule has 1 aliphatic heterocycles. The Morgan fingerprint density at radius 2 is 1.74 bits per heavy atom. The molecule has 1 N–H and O–H groups in total. The third kappa shape index (κ3) is 7.34. The summed E-state index contributed by atoms with van der Waals surface area (Å²) in [6.07, 6.45) is 0.712. The summed E-state index contributed by atoms with van der Waals surface area (Å²) in [6.45, 7) is 4.41. The first kappa shape index (κ1) is 26.6. The molecule has 1 saturated heterocycles. The van der Waals surface area contributed by atoms with E-state index in [2.05, 4.69) is 44.4 Å². The monoisotopic (exact) mass is 546 g/mol. The number of para-hydroxylation sites is 1. The quantitative estimate of drug-likeness (QED) is 0.284. The van der Waals surface area contributed by atoms with Gasteiger partial charge in [-0.1, -0.05) is 30.3 Å². The summed E-state index contributed by atoms with van der Waals surface area (Å²) in [5.74, 6) is 0.211. The van der Waals surface area contributed by atoms with Crippen molar-refractivity contribution in [3.63, 3.8) is 0 Å². The van der Waals surface area contributed by atoms with E-state index in [0.717, 1.165) is 42.4 Å². The molecule has 2 heterocycles. The van der Waals surface area contributed by atoms with Crippen molar-refractivity contribution < 1.29 is 18.7 Å². The van der Waals surface area contributed by atoms with E-state index >= 15 is 0 Å². The van der Waals surface area contributed by atoms with Crippen LogP contribution in [0, 0.1) is 5.82 Å². The highest BCUT2D eigenvalue weighted by atomic mass is 32.1. The number of carbonyl (C=O) groups excluding carboxylic acids is 1. The molecular formula is C30H31FN4O3S. The Morgan fingerprint density at radius 1 is 1.00 bits per heavy atom. The van der Waals surface area contributed by atoms with Crippen LogP contribution in [0.5, 0.6) is 5.75 Å². The maximum Gasteiger partial charge on any atom is 0.257 e. The molecule has 1 aromatic heterocycles. The Hall–Kier alpha value is -3.95. The number of nitrogens with zero attached hydrogens (tertiary/aromatic N) is 3. The summed E-state index contributed by atoms with van der Waals surface area (Å²) in [5, 5.41) is 5.03. The highest BCUT2D eigenvalue weighted by Gasteiger charge is 2.13. The molecule has 1 fully saturated rings. The van der Waals surface area contributed by atoms with Crippen LogP contribution in [0.3, 0.4) is 0 Å². The van der Waals surface area contributed by atoms with Crippen LogP contribution >= 0.6 is 11.3 Å². The van der Waals surface area contributed by atoms with Crippen molar-refractivity contribution in [1.82, 2.24) is 9.88 Å². The van der Waals surface area contributed by atoms with E-state index in [1.54, 1.807) is 23.5 Å². The topological polar surface area (TPSA) is 68.1 Å². The number of amides is 1. The van der Waals surface area contributed by atoms with Gasteiger partial charge >= 0.3 is 0 Å². The van der Waals surface area contributed by atoms with Crippen molar-refractivity contribution in [2.75, 3.05) is 44.4 Å². The number of anilines is 1. The lowest BCUT2D eigenvalue weighted by molar-refractivity contribution is -0.123. The third-order valence-electron chi connectivity index (χ3n) is 6.38. The molecular weight excluding hydrogens is 515 g/mol. The van der Waals surface area contributed by atoms with Gasteiger partial charge in [0.05, 0.1) is 24.6 Å². The van der Waals surface area contributed by atoms with Gasteiger partial charge in [-0.25, -0.2) is 9.38 Å². The number of benzene rings is 3. The maximum absolute atomic E-state index is 13.4. The SMILES string of the molecule is O=C(COc1ccccc1)NCCCn1c(-c2ccc(N3CCOCC3)cc2)csc1=Nc1ccc(F)cc1. The van der Waals surface area contributed by atoms with E-state index in [1.165, 1.54) is 17.8 Å². The van der Waals surface area contributed by atoms with Crippen LogP contribution < -0.4 is 19.8 Å². The Balaban J connectivity index is 1.28. The molecule has 202 valence electrons. The van der Waals surface area contributed by atoms with E-state index in [0.29, 0.717) is 30.9 Å². The summed E-state index contributed by atoms with van der Waals surface area (Å²) in [5.41, 5.74) is 4.00. The number of carbonyl (C=O) groups is 1. The second-order valence-electron chi connectivity index (χ2n) is 9.09. The van der Waals surface area contributed by atoms with Crippen molar-refractivity contribution in [2.24, 2.45) is 4.99 Å². The molecule has 0 radical (unpaired) electrons. The molecule has 1 amide bonds. The van der Waals surface area contributed by atoms with E-state index in [9.17, 15) is 9.18 Å². The van der Waals surface area contributed by atoms with Crippen LogP contribution in [0.15, 0.2) is 89.2 Å². The van der Waals surface area contributed by atoms with Gasteiger partial charge < -0.3 is 24.3 Å². The number of halogens is 1. The predicted molar refractivity (Wildman–Crippen MR) is 152 cm³/mol. The van der Waals surface area contributed by atoms with Crippen molar-refractivity contribution in [1.29, 1.82) is 0 Å². The fourth-order valence-corrected chi connectivity index (χ4v) is 5.29. The molecule has 3 aromatic carbocycles. The highest BCUT2D eigenvalue weighted by molar-refractivity contribution is 7.07. The van der Waals surface area contributed by atoms with Crippen LogP contribution in [0.25, 0.3) is 11.3 Å². The first-order valence-corrected chi connectivity index (χ1v) is 13.9. The second kappa shape index (κ2) is 13.2. The number of nitrogens with one attached hydrogen (secondary N) is 1. The van der Waals surface area contributed by atoms with E-state index < -0.39 is 0 Å². The zero-order valence-corrected chi connectivity index (χ0v) is 22.4. The first-order valence-electron chi connectivity index (χ1n) is 13.0. The van der Waals surface area contributed by atoms with Gasteiger partial charge in [-0.2, -0.15) is 0 Å². The van der Waals surface area contributed by atoms with Gasteiger partial charge in [-0.3, -0.25) is 4.79 Å². The smallest absolute Gasteiger partial charge is 0.257 e. The highest BCUT2D eigenvalue weighted by Crippen LogP contribution is 2.25. The number of aromatic nitrogens is 1. The number of morpholine rings is 1. The Bertz CT molecular complexity index is 1410. The van der Waals surface area contributed by atoms with Gasteiger partial charge in [-0.15, -0.1) is 11.3 Å². The number of thiazole rings is 1. The van der Waals surface area contributed by atoms with Gasteiger partial charge in [0, 0.05) is 37.2 Å². The van der Waals surface area contributed by atoms with Crippen LogP contribution in [-0.4, -0.2) is 49.9 Å². The summed E-state index contributed by atoms with van der Waals surface area (Å²) in [4.78, 5) is 20.2. The number of hydrogen-bond donors (Lipinski definition) is 1. The summed E-state index contributed by atoms with van der Waals surface area (Å²) < 4.78 is 26.6. The van der Waals surface area contributed by atoms with Gasteiger partial charge in [0.15, 0.2) is 11.4 Å². The minimum absolute atomic E-state index is 0.0263. The molecule has 7 nitrogen and oxygen atoms in total. The first-order chi connectivity index (χ1) is 19.2. The van der Waals surface area contributed by atoms with Crippen molar-refractivity contribution >= 4 is 28.6 Å². The summed E-state index contributed by atoms with van der Waals surface area (Å²) in [6, 6.07) is 24.0. The van der Waals surface area contributed by atoms with Gasteiger partial charge in [0.25, 0.3) is 5.91 Å². The lowest BCUT2D eigenvalue weighted by Crippen LogP contribution is -2.36. The van der Waals surface area contributed by atoms with Crippen LogP contribution in [-0.2, 0) is 16.1 Å². The van der Waals surface area contributed by atoms with Crippen LogP contribution in [0.2, 0.25) is 0 Å². The number of rotatable bonds is 10.